The summed E-state index contributed by atoms with van der Waals surface area (Å²) < 4.78 is 49.8. The number of hydrogen-bond acceptors (Lipinski definition) is 7. The average Bonchev–Trinajstić information content (AvgIpc) is 3.14. The molecule has 1 aliphatic rings. The fraction of sp³-hybridized carbons (Fsp3) is 0.263. The number of ether oxygens (including phenoxy) is 5. The Bertz CT molecular complexity index is 883. The Kier molecular flexibility index (Phi) is 5.93. The zero-order valence-electron chi connectivity index (χ0n) is 14.8. The maximum absolute atomic E-state index is 12.4. The van der Waals surface area contributed by atoms with E-state index in [1.165, 1.54) is 30.3 Å². The summed E-state index contributed by atoms with van der Waals surface area (Å²) in [5, 5.41) is 0. The van der Waals surface area contributed by atoms with E-state index in [4.69, 9.17) is 18.9 Å². The van der Waals surface area contributed by atoms with Gasteiger partial charge in [0.1, 0.15) is 0 Å². The van der Waals surface area contributed by atoms with Crippen molar-refractivity contribution in [3.05, 3.63) is 47.5 Å². The molecular weight excluding hydrogens is 378 g/mol. The molecule has 0 aliphatic carbocycles. The highest BCUT2D eigenvalue weighted by atomic mass is 19.3. The first kappa shape index (κ1) is 19.4. The smallest absolute Gasteiger partial charge is 0.387 e. The van der Waals surface area contributed by atoms with E-state index in [1.807, 2.05) is 0 Å². The number of esters is 1. The molecule has 0 unspecified atom stereocenters. The molecule has 2 aromatic rings. The van der Waals surface area contributed by atoms with Crippen LogP contribution in [0.25, 0.3) is 0 Å². The van der Waals surface area contributed by atoms with Crippen molar-refractivity contribution in [3.63, 3.8) is 0 Å². The van der Waals surface area contributed by atoms with Crippen molar-refractivity contribution in [3.8, 4) is 23.0 Å². The monoisotopic (exact) mass is 394 g/mol. The van der Waals surface area contributed by atoms with Crippen LogP contribution in [0.4, 0.5) is 8.78 Å². The molecule has 0 saturated carbocycles. The molecule has 0 radical (unpaired) electrons. The molecule has 9 heteroatoms. The quantitative estimate of drug-likeness (QED) is 0.501. The Balaban J connectivity index is 1.65. The number of rotatable bonds is 8. The van der Waals surface area contributed by atoms with Crippen LogP contribution < -0.4 is 18.9 Å². The molecule has 1 heterocycles. The first-order valence-corrected chi connectivity index (χ1v) is 8.29. The summed E-state index contributed by atoms with van der Waals surface area (Å²) in [6.07, 6.45) is 0. The van der Waals surface area contributed by atoms with E-state index in [-0.39, 0.29) is 30.5 Å². The molecular formula is C19H16F2O7. The predicted octanol–water partition coefficient (Wildman–Crippen LogP) is 3.46. The van der Waals surface area contributed by atoms with Gasteiger partial charge in [-0.3, -0.25) is 4.79 Å². The summed E-state index contributed by atoms with van der Waals surface area (Å²) in [6, 6.07) is 8.26. The Labute approximate surface area is 158 Å². The maximum atomic E-state index is 12.4. The van der Waals surface area contributed by atoms with Crippen LogP contribution in [0.15, 0.2) is 36.4 Å². The van der Waals surface area contributed by atoms with Crippen molar-refractivity contribution < 1.29 is 42.1 Å². The number of benzene rings is 2. The average molecular weight is 394 g/mol. The second-order valence-electron chi connectivity index (χ2n) is 5.54. The van der Waals surface area contributed by atoms with Gasteiger partial charge >= 0.3 is 12.6 Å². The molecule has 3 rings (SSSR count). The highest BCUT2D eigenvalue weighted by Gasteiger charge is 2.19. The minimum absolute atomic E-state index is 0.0284. The lowest BCUT2D eigenvalue weighted by molar-refractivity contribution is -0.0514. The van der Waals surface area contributed by atoms with Gasteiger partial charge in [0.05, 0.1) is 12.2 Å². The Hall–Kier alpha value is -3.36. The fourth-order valence-electron chi connectivity index (χ4n) is 2.46. The predicted molar refractivity (Wildman–Crippen MR) is 91.4 cm³/mol. The number of halogens is 2. The highest BCUT2D eigenvalue weighted by molar-refractivity contribution is 6.00. The van der Waals surface area contributed by atoms with Crippen molar-refractivity contribution in [2.75, 3.05) is 20.0 Å². The SMILES string of the molecule is CCOc1cc(C(=O)OCC(=O)c2ccc3c(c2)OCO3)ccc1OC(F)F. The summed E-state index contributed by atoms with van der Waals surface area (Å²) >= 11 is 0. The van der Waals surface area contributed by atoms with Gasteiger partial charge in [0.25, 0.3) is 0 Å². The second-order valence-corrected chi connectivity index (χ2v) is 5.54. The standard InChI is InChI=1S/C19H16F2O7/c1-2-24-17-8-12(4-6-15(17)28-19(20)21)18(23)25-9-13(22)11-3-5-14-16(7-11)27-10-26-14/h3-8,19H,2,9-10H2,1H3. The third-order valence-electron chi connectivity index (χ3n) is 3.72. The lowest BCUT2D eigenvalue weighted by Crippen LogP contribution is -2.14. The van der Waals surface area contributed by atoms with Crippen LogP contribution in [0.3, 0.4) is 0 Å². The summed E-state index contributed by atoms with van der Waals surface area (Å²) in [5.41, 5.74) is 0.330. The number of carbonyl (C=O) groups excluding carboxylic acids is 2. The minimum atomic E-state index is -3.03. The van der Waals surface area contributed by atoms with E-state index in [1.54, 1.807) is 13.0 Å². The Morgan fingerprint density at radius 3 is 2.54 bits per heavy atom. The van der Waals surface area contributed by atoms with Crippen LogP contribution in [0.1, 0.15) is 27.6 Å². The van der Waals surface area contributed by atoms with Crippen LogP contribution in [0.2, 0.25) is 0 Å². The van der Waals surface area contributed by atoms with Gasteiger partial charge in [-0.1, -0.05) is 0 Å². The molecule has 0 saturated heterocycles. The molecule has 0 fully saturated rings. The first-order chi connectivity index (χ1) is 13.5. The third-order valence-corrected chi connectivity index (χ3v) is 3.72. The molecule has 0 N–H and O–H groups in total. The molecule has 2 aromatic carbocycles. The second kappa shape index (κ2) is 8.55. The zero-order valence-corrected chi connectivity index (χ0v) is 14.8. The van der Waals surface area contributed by atoms with E-state index in [0.29, 0.717) is 17.1 Å². The van der Waals surface area contributed by atoms with Crippen LogP contribution in [0.5, 0.6) is 23.0 Å². The van der Waals surface area contributed by atoms with Crippen molar-refractivity contribution in [2.24, 2.45) is 0 Å². The Morgan fingerprint density at radius 1 is 1.04 bits per heavy atom. The lowest BCUT2D eigenvalue weighted by atomic mass is 10.1. The minimum Gasteiger partial charge on any atom is -0.490 e. The van der Waals surface area contributed by atoms with Crippen LogP contribution in [-0.2, 0) is 4.74 Å². The van der Waals surface area contributed by atoms with Crippen molar-refractivity contribution >= 4 is 11.8 Å². The summed E-state index contributed by atoms with van der Waals surface area (Å²) in [6.45, 7) is -1.62. The van der Waals surface area contributed by atoms with E-state index < -0.39 is 25.0 Å². The fourth-order valence-corrected chi connectivity index (χ4v) is 2.46. The van der Waals surface area contributed by atoms with Gasteiger partial charge in [0.2, 0.25) is 6.79 Å². The number of carbonyl (C=O) groups is 2. The molecule has 148 valence electrons. The van der Waals surface area contributed by atoms with Crippen LogP contribution in [0, 0.1) is 0 Å². The summed E-state index contributed by atoms with van der Waals surface area (Å²) in [7, 11) is 0. The largest absolute Gasteiger partial charge is 0.490 e. The van der Waals surface area contributed by atoms with Crippen molar-refractivity contribution in [1.29, 1.82) is 0 Å². The van der Waals surface area contributed by atoms with E-state index >= 15 is 0 Å². The lowest BCUT2D eigenvalue weighted by Gasteiger charge is -2.12. The first-order valence-electron chi connectivity index (χ1n) is 8.29. The van der Waals surface area contributed by atoms with Gasteiger partial charge in [0.15, 0.2) is 35.4 Å². The molecule has 28 heavy (non-hydrogen) atoms. The number of alkyl halides is 2. The molecule has 1 aliphatic heterocycles. The van der Waals surface area contributed by atoms with Crippen LogP contribution >= 0.6 is 0 Å². The van der Waals surface area contributed by atoms with Gasteiger partial charge in [0, 0.05) is 5.56 Å². The molecule has 0 spiro atoms. The molecule has 0 bridgehead atoms. The van der Waals surface area contributed by atoms with E-state index in [9.17, 15) is 18.4 Å². The zero-order chi connectivity index (χ0) is 20.1. The number of ketones is 1. The topological polar surface area (TPSA) is 80.3 Å². The van der Waals surface area contributed by atoms with E-state index in [2.05, 4.69) is 4.74 Å². The van der Waals surface area contributed by atoms with Gasteiger partial charge in [-0.15, -0.1) is 0 Å². The van der Waals surface area contributed by atoms with Gasteiger partial charge in [-0.25, -0.2) is 4.79 Å². The van der Waals surface area contributed by atoms with Gasteiger partial charge in [-0.05, 0) is 43.3 Å². The Morgan fingerprint density at radius 2 is 1.79 bits per heavy atom. The highest BCUT2D eigenvalue weighted by Crippen LogP contribution is 2.33. The van der Waals surface area contributed by atoms with Gasteiger partial charge in [-0.2, -0.15) is 8.78 Å². The maximum Gasteiger partial charge on any atom is 0.387 e. The molecule has 0 aromatic heterocycles. The summed E-state index contributed by atoms with van der Waals surface area (Å²) in [4.78, 5) is 24.4. The number of fused-ring (bicyclic) bond motifs is 1. The normalized spacial score (nSPS) is 12.0. The van der Waals surface area contributed by atoms with Gasteiger partial charge < -0.3 is 23.7 Å². The van der Waals surface area contributed by atoms with Crippen molar-refractivity contribution in [1.82, 2.24) is 0 Å². The van der Waals surface area contributed by atoms with Crippen LogP contribution in [-0.4, -0.2) is 38.4 Å². The molecule has 0 amide bonds. The summed E-state index contributed by atoms with van der Waals surface area (Å²) in [5.74, 6) is -0.506. The van der Waals surface area contributed by atoms with E-state index in [0.717, 1.165) is 0 Å². The third kappa shape index (κ3) is 4.48. The number of Topliss-reactive ketones (excluding diaryl/α,β-unsaturated/α-hetero) is 1. The number of hydrogen-bond donors (Lipinski definition) is 0. The molecule has 7 nitrogen and oxygen atoms in total. The van der Waals surface area contributed by atoms with Crippen molar-refractivity contribution in [2.45, 2.75) is 13.5 Å². The molecule has 0 atom stereocenters.